The number of carbonyl (C=O) groups excluding carboxylic acids is 2. The summed E-state index contributed by atoms with van der Waals surface area (Å²) in [6, 6.07) is 5.17. The quantitative estimate of drug-likeness (QED) is 0.718. The average Bonchev–Trinajstić information content (AvgIpc) is 2.39. The van der Waals surface area contributed by atoms with Gasteiger partial charge in [-0.3, -0.25) is 9.59 Å². The molecule has 1 heterocycles. The molecule has 0 aromatic heterocycles. The van der Waals surface area contributed by atoms with Gasteiger partial charge in [-0.2, -0.15) is 0 Å². The number of anilines is 2. The molecule has 1 aromatic carbocycles. The molecule has 1 aromatic rings. The second-order valence-corrected chi connectivity index (χ2v) is 4.30. The highest BCUT2D eigenvalue weighted by Crippen LogP contribution is 2.30. The van der Waals surface area contributed by atoms with Crippen LogP contribution in [0.25, 0.3) is 0 Å². The lowest BCUT2D eigenvalue weighted by atomic mass is 10.2. The fraction of sp³-hybridized carbons (Fsp3) is 0.385. The van der Waals surface area contributed by atoms with Crippen LogP contribution in [0, 0.1) is 0 Å². The maximum atomic E-state index is 11.7. The Kier molecular flexibility index (Phi) is 6.27. The van der Waals surface area contributed by atoms with Gasteiger partial charge < -0.3 is 20.7 Å². The Morgan fingerprint density at radius 2 is 2.25 bits per heavy atom. The fourth-order valence-corrected chi connectivity index (χ4v) is 1.80. The molecular formula is C13H18ClN3O3. The van der Waals surface area contributed by atoms with E-state index < -0.39 is 0 Å². The summed E-state index contributed by atoms with van der Waals surface area (Å²) in [6.45, 7) is 0.819. The van der Waals surface area contributed by atoms with Crippen LogP contribution in [0.3, 0.4) is 0 Å². The molecule has 0 atom stereocenters. The third kappa shape index (κ3) is 4.40. The summed E-state index contributed by atoms with van der Waals surface area (Å²) < 4.78 is 5.28. The van der Waals surface area contributed by atoms with Gasteiger partial charge in [-0.1, -0.05) is 0 Å². The number of amides is 2. The monoisotopic (exact) mass is 299 g/mol. The Morgan fingerprint density at radius 1 is 1.45 bits per heavy atom. The minimum absolute atomic E-state index is 0. The number of hydrogen-bond acceptors (Lipinski definition) is 4. The van der Waals surface area contributed by atoms with Gasteiger partial charge in [0.15, 0.2) is 6.61 Å². The van der Waals surface area contributed by atoms with Crippen molar-refractivity contribution in [2.45, 2.75) is 12.8 Å². The second kappa shape index (κ2) is 7.72. The van der Waals surface area contributed by atoms with E-state index in [1.807, 2.05) is 7.05 Å². The number of carbonyl (C=O) groups is 2. The summed E-state index contributed by atoms with van der Waals surface area (Å²) >= 11 is 0. The van der Waals surface area contributed by atoms with Crippen molar-refractivity contribution in [2.24, 2.45) is 0 Å². The first-order valence-corrected chi connectivity index (χ1v) is 6.20. The molecule has 3 N–H and O–H groups in total. The zero-order chi connectivity index (χ0) is 13.7. The molecule has 0 saturated carbocycles. The first kappa shape index (κ1) is 16.3. The minimum Gasteiger partial charge on any atom is -0.482 e. The molecule has 0 spiro atoms. The Hall–Kier alpha value is -1.79. The summed E-state index contributed by atoms with van der Waals surface area (Å²) in [5.41, 5.74) is 1.30. The van der Waals surface area contributed by atoms with Crippen LogP contribution in [0.2, 0.25) is 0 Å². The summed E-state index contributed by atoms with van der Waals surface area (Å²) in [5.74, 6) is 0.374. The zero-order valence-corrected chi connectivity index (χ0v) is 12.0. The molecule has 0 radical (unpaired) electrons. The van der Waals surface area contributed by atoms with Crippen LogP contribution in [0.15, 0.2) is 18.2 Å². The van der Waals surface area contributed by atoms with Gasteiger partial charge in [0, 0.05) is 18.2 Å². The number of benzene rings is 1. The molecule has 0 aliphatic carbocycles. The lowest BCUT2D eigenvalue weighted by Crippen LogP contribution is -2.25. The largest absolute Gasteiger partial charge is 0.482 e. The number of hydrogen-bond donors (Lipinski definition) is 3. The molecule has 2 rings (SSSR count). The standard InChI is InChI=1S/C13H17N3O3.ClH/c1-14-6-2-3-12(17)15-9-4-5-10-11(7-9)19-8-13(18)16-10;/h4-5,7,14H,2-3,6,8H2,1H3,(H,15,17)(H,16,18);1H. The Morgan fingerprint density at radius 3 is 3.00 bits per heavy atom. The Bertz CT molecular complexity index is 494. The van der Waals surface area contributed by atoms with Crippen molar-refractivity contribution in [3.8, 4) is 5.75 Å². The molecule has 0 fully saturated rings. The summed E-state index contributed by atoms with van der Waals surface area (Å²) in [7, 11) is 1.85. The Labute approximate surface area is 123 Å². The van der Waals surface area contributed by atoms with Gasteiger partial charge in [0.1, 0.15) is 5.75 Å². The first-order valence-electron chi connectivity index (χ1n) is 6.20. The smallest absolute Gasteiger partial charge is 0.262 e. The van der Waals surface area contributed by atoms with Crippen molar-refractivity contribution in [1.82, 2.24) is 5.32 Å². The van der Waals surface area contributed by atoms with Crippen LogP contribution >= 0.6 is 12.4 Å². The molecule has 1 aliphatic rings. The van der Waals surface area contributed by atoms with Crippen molar-refractivity contribution in [2.75, 3.05) is 30.8 Å². The van der Waals surface area contributed by atoms with Gasteiger partial charge in [-0.05, 0) is 32.1 Å². The highest BCUT2D eigenvalue weighted by Gasteiger charge is 2.16. The number of nitrogens with one attached hydrogen (secondary N) is 3. The van der Waals surface area contributed by atoms with Gasteiger partial charge in [0.2, 0.25) is 5.91 Å². The van der Waals surface area contributed by atoms with Crippen molar-refractivity contribution >= 4 is 35.6 Å². The van der Waals surface area contributed by atoms with Gasteiger partial charge in [0.25, 0.3) is 5.91 Å². The summed E-state index contributed by atoms with van der Waals surface area (Å²) in [5, 5.41) is 8.49. The molecule has 2 amide bonds. The molecule has 0 bridgehead atoms. The summed E-state index contributed by atoms with van der Waals surface area (Å²) in [6.07, 6.45) is 1.26. The van der Waals surface area contributed by atoms with E-state index in [-0.39, 0.29) is 30.8 Å². The van der Waals surface area contributed by atoms with E-state index in [0.29, 0.717) is 23.5 Å². The van der Waals surface area contributed by atoms with Crippen LogP contribution in [0.5, 0.6) is 5.75 Å². The lowest BCUT2D eigenvalue weighted by molar-refractivity contribution is -0.118. The number of fused-ring (bicyclic) bond motifs is 1. The van der Waals surface area contributed by atoms with Crippen LogP contribution in [0.4, 0.5) is 11.4 Å². The van der Waals surface area contributed by atoms with Gasteiger partial charge >= 0.3 is 0 Å². The van der Waals surface area contributed by atoms with E-state index in [4.69, 9.17) is 4.74 Å². The molecule has 1 aliphatic heterocycles. The third-order valence-corrected chi connectivity index (χ3v) is 2.73. The van der Waals surface area contributed by atoms with Gasteiger partial charge in [-0.15, -0.1) is 12.4 Å². The molecule has 0 unspecified atom stereocenters. The van der Waals surface area contributed by atoms with E-state index in [0.717, 1.165) is 13.0 Å². The number of halogens is 1. The van der Waals surface area contributed by atoms with Gasteiger partial charge in [0.05, 0.1) is 5.69 Å². The van der Waals surface area contributed by atoms with E-state index in [1.54, 1.807) is 18.2 Å². The fourth-order valence-electron chi connectivity index (χ4n) is 1.80. The van der Waals surface area contributed by atoms with Crippen LogP contribution < -0.4 is 20.7 Å². The highest BCUT2D eigenvalue weighted by atomic mass is 35.5. The van der Waals surface area contributed by atoms with Crippen LogP contribution in [0.1, 0.15) is 12.8 Å². The van der Waals surface area contributed by atoms with E-state index >= 15 is 0 Å². The SMILES string of the molecule is CNCCCC(=O)Nc1ccc2c(c1)OCC(=O)N2.Cl. The predicted octanol–water partition coefficient (Wildman–Crippen LogP) is 1.38. The van der Waals surface area contributed by atoms with Crippen molar-refractivity contribution < 1.29 is 14.3 Å². The number of ether oxygens (including phenoxy) is 1. The third-order valence-electron chi connectivity index (χ3n) is 2.73. The highest BCUT2D eigenvalue weighted by molar-refractivity contribution is 5.97. The summed E-state index contributed by atoms with van der Waals surface area (Å²) in [4.78, 5) is 22.8. The molecule has 6 nitrogen and oxygen atoms in total. The lowest BCUT2D eigenvalue weighted by Gasteiger charge is -2.18. The van der Waals surface area contributed by atoms with Crippen molar-refractivity contribution in [1.29, 1.82) is 0 Å². The molecule has 7 heteroatoms. The topological polar surface area (TPSA) is 79.5 Å². The molecule has 0 saturated heterocycles. The first-order chi connectivity index (χ1) is 9.19. The zero-order valence-electron chi connectivity index (χ0n) is 11.2. The van der Waals surface area contributed by atoms with E-state index in [2.05, 4.69) is 16.0 Å². The van der Waals surface area contributed by atoms with Gasteiger partial charge in [-0.25, -0.2) is 0 Å². The Balaban J connectivity index is 0.00000200. The normalized spacial score (nSPS) is 12.6. The minimum atomic E-state index is -0.170. The molecule has 110 valence electrons. The van der Waals surface area contributed by atoms with Crippen molar-refractivity contribution in [3.63, 3.8) is 0 Å². The molecule has 20 heavy (non-hydrogen) atoms. The second-order valence-electron chi connectivity index (χ2n) is 4.30. The van der Waals surface area contributed by atoms with E-state index in [9.17, 15) is 9.59 Å². The average molecular weight is 300 g/mol. The van der Waals surface area contributed by atoms with Crippen molar-refractivity contribution in [3.05, 3.63) is 18.2 Å². The predicted molar refractivity (Wildman–Crippen MR) is 79.6 cm³/mol. The van der Waals surface area contributed by atoms with Crippen LogP contribution in [-0.2, 0) is 9.59 Å². The van der Waals surface area contributed by atoms with E-state index in [1.165, 1.54) is 0 Å². The van der Waals surface area contributed by atoms with Crippen LogP contribution in [-0.4, -0.2) is 32.0 Å². The maximum absolute atomic E-state index is 11.7. The number of rotatable bonds is 5. The maximum Gasteiger partial charge on any atom is 0.262 e. The molecular weight excluding hydrogens is 282 g/mol.